The van der Waals surface area contributed by atoms with Crippen molar-refractivity contribution in [2.75, 3.05) is 13.2 Å². The van der Waals surface area contributed by atoms with Crippen LogP contribution in [0.1, 0.15) is 31.8 Å². The summed E-state index contributed by atoms with van der Waals surface area (Å²) in [7, 11) is 0. The summed E-state index contributed by atoms with van der Waals surface area (Å²) in [6.45, 7) is 1.96. The molecule has 27 heavy (non-hydrogen) atoms. The molecule has 3 aromatic rings. The lowest BCUT2D eigenvalue weighted by Gasteiger charge is -2.13. The summed E-state index contributed by atoms with van der Waals surface area (Å²) in [4.78, 5) is 37.8. The molecule has 4 rings (SSSR count). The number of hydrogen-bond acceptors (Lipinski definition) is 5. The van der Waals surface area contributed by atoms with Crippen molar-refractivity contribution >= 4 is 28.8 Å². The average Bonchev–Trinajstić information content (AvgIpc) is 3.15. The number of carbonyl (C=O) groups excluding carboxylic acids is 3. The quantitative estimate of drug-likeness (QED) is 0.514. The summed E-state index contributed by atoms with van der Waals surface area (Å²) in [6.07, 6.45) is 1.62. The van der Waals surface area contributed by atoms with Crippen molar-refractivity contribution in [1.29, 1.82) is 0 Å². The van der Waals surface area contributed by atoms with Crippen LogP contribution >= 0.6 is 0 Å². The standard InChI is InChI=1S/C21H17NO5/c1-13-6-7-15-14(12-27-18(15)10-13)11-19(23)26-9-8-22-20(24)16-4-2-3-5-17(16)21(22)25/h2-7,10,12H,8-9,11H2,1H3. The largest absolute Gasteiger partial charge is 0.464 e. The molecule has 1 aliphatic rings. The van der Waals surface area contributed by atoms with E-state index in [0.717, 1.165) is 27.0 Å². The highest BCUT2D eigenvalue weighted by Crippen LogP contribution is 2.24. The second kappa shape index (κ2) is 6.72. The Morgan fingerprint density at radius 2 is 1.78 bits per heavy atom. The van der Waals surface area contributed by atoms with Crippen LogP contribution in [0.3, 0.4) is 0 Å². The molecule has 2 heterocycles. The Labute approximate surface area is 155 Å². The summed E-state index contributed by atoms with van der Waals surface area (Å²) in [5.41, 5.74) is 3.31. The van der Waals surface area contributed by atoms with Crippen molar-refractivity contribution in [3.05, 3.63) is 71.0 Å². The summed E-state index contributed by atoms with van der Waals surface area (Å²) in [6, 6.07) is 12.4. The number of aryl methyl sites for hydroxylation is 1. The highest BCUT2D eigenvalue weighted by Gasteiger charge is 2.34. The van der Waals surface area contributed by atoms with Gasteiger partial charge < -0.3 is 9.15 Å². The van der Waals surface area contributed by atoms with Crippen molar-refractivity contribution in [2.24, 2.45) is 0 Å². The topological polar surface area (TPSA) is 76.8 Å². The van der Waals surface area contributed by atoms with E-state index < -0.39 is 5.97 Å². The molecule has 0 atom stereocenters. The van der Waals surface area contributed by atoms with E-state index in [-0.39, 0.29) is 31.4 Å². The van der Waals surface area contributed by atoms with E-state index in [1.807, 2.05) is 25.1 Å². The molecule has 1 aliphatic heterocycles. The van der Waals surface area contributed by atoms with Gasteiger partial charge in [-0.15, -0.1) is 0 Å². The van der Waals surface area contributed by atoms with Crippen molar-refractivity contribution in [3.8, 4) is 0 Å². The third kappa shape index (κ3) is 3.10. The zero-order chi connectivity index (χ0) is 19.0. The summed E-state index contributed by atoms with van der Waals surface area (Å²) < 4.78 is 10.7. The number of nitrogens with zero attached hydrogens (tertiary/aromatic N) is 1. The van der Waals surface area contributed by atoms with Crippen LogP contribution in [0.15, 0.2) is 53.1 Å². The smallest absolute Gasteiger partial charge is 0.310 e. The fourth-order valence-corrected chi connectivity index (χ4v) is 3.23. The van der Waals surface area contributed by atoms with E-state index in [1.165, 1.54) is 0 Å². The molecule has 0 radical (unpaired) electrons. The lowest BCUT2D eigenvalue weighted by Crippen LogP contribution is -2.33. The summed E-state index contributed by atoms with van der Waals surface area (Å²) >= 11 is 0. The van der Waals surface area contributed by atoms with Gasteiger partial charge in [-0.25, -0.2) is 0 Å². The molecule has 0 saturated heterocycles. The van der Waals surface area contributed by atoms with Crippen LogP contribution in [0, 0.1) is 6.92 Å². The highest BCUT2D eigenvalue weighted by atomic mass is 16.5. The monoisotopic (exact) mass is 363 g/mol. The predicted octanol–water partition coefficient (Wildman–Crippen LogP) is 3.12. The van der Waals surface area contributed by atoms with Crippen molar-refractivity contribution in [1.82, 2.24) is 4.90 Å². The molecule has 2 aromatic carbocycles. The van der Waals surface area contributed by atoms with Gasteiger partial charge in [0.2, 0.25) is 0 Å². The van der Waals surface area contributed by atoms with Crippen molar-refractivity contribution in [2.45, 2.75) is 13.3 Å². The number of imide groups is 1. The molecule has 0 saturated carbocycles. The first-order chi connectivity index (χ1) is 13.0. The third-order valence-corrected chi connectivity index (χ3v) is 4.60. The fourth-order valence-electron chi connectivity index (χ4n) is 3.23. The molecule has 0 N–H and O–H groups in total. The van der Waals surface area contributed by atoms with Gasteiger partial charge in [0, 0.05) is 10.9 Å². The number of benzene rings is 2. The number of rotatable bonds is 5. The van der Waals surface area contributed by atoms with Crippen LogP contribution in [0.25, 0.3) is 11.0 Å². The van der Waals surface area contributed by atoms with Crippen LogP contribution in [0.5, 0.6) is 0 Å². The van der Waals surface area contributed by atoms with Gasteiger partial charge in [0.25, 0.3) is 11.8 Å². The Hall–Kier alpha value is -3.41. The van der Waals surface area contributed by atoms with Gasteiger partial charge in [-0.1, -0.05) is 24.3 Å². The van der Waals surface area contributed by atoms with Gasteiger partial charge in [0.15, 0.2) is 0 Å². The Bertz CT molecular complexity index is 1030. The van der Waals surface area contributed by atoms with Gasteiger partial charge in [0.1, 0.15) is 12.2 Å². The normalized spacial score (nSPS) is 13.3. The van der Waals surface area contributed by atoms with Gasteiger partial charge in [-0.05, 0) is 30.7 Å². The minimum absolute atomic E-state index is 0.0312. The lowest BCUT2D eigenvalue weighted by atomic mass is 10.1. The number of carbonyl (C=O) groups is 3. The lowest BCUT2D eigenvalue weighted by molar-refractivity contribution is -0.143. The van der Waals surface area contributed by atoms with E-state index in [1.54, 1.807) is 30.5 Å². The second-order valence-corrected chi connectivity index (χ2v) is 6.47. The van der Waals surface area contributed by atoms with Crippen LogP contribution in [-0.2, 0) is 16.0 Å². The fraction of sp³-hybridized carbons (Fsp3) is 0.190. The van der Waals surface area contributed by atoms with Crippen LogP contribution in [-0.4, -0.2) is 35.8 Å². The second-order valence-electron chi connectivity index (χ2n) is 6.47. The molecule has 6 heteroatoms. The van der Waals surface area contributed by atoms with Crippen LogP contribution in [0.4, 0.5) is 0 Å². The average molecular weight is 363 g/mol. The zero-order valence-corrected chi connectivity index (χ0v) is 14.7. The maximum absolute atomic E-state index is 12.3. The first-order valence-corrected chi connectivity index (χ1v) is 8.62. The van der Waals surface area contributed by atoms with Gasteiger partial charge >= 0.3 is 5.97 Å². The molecule has 6 nitrogen and oxygen atoms in total. The zero-order valence-electron chi connectivity index (χ0n) is 14.7. The molecular weight excluding hydrogens is 346 g/mol. The Balaban J connectivity index is 1.35. The maximum Gasteiger partial charge on any atom is 0.310 e. The Morgan fingerprint density at radius 1 is 1.07 bits per heavy atom. The number of ether oxygens (including phenoxy) is 1. The van der Waals surface area contributed by atoms with Gasteiger partial charge in [-0.2, -0.15) is 0 Å². The predicted molar refractivity (Wildman–Crippen MR) is 97.4 cm³/mol. The molecule has 0 aliphatic carbocycles. The third-order valence-electron chi connectivity index (χ3n) is 4.60. The minimum atomic E-state index is -0.435. The van der Waals surface area contributed by atoms with Crippen LogP contribution in [0.2, 0.25) is 0 Å². The molecule has 2 amide bonds. The Morgan fingerprint density at radius 3 is 2.48 bits per heavy atom. The minimum Gasteiger partial charge on any atom is -0.464 e. The first-order valence-electron chi connectivity index (χ1n) is 8.62. The molecular formula is C21H17NO5. The van der Waals surface area contributed by atoms with E-state index in [2.05, 4.69) is 0 Å². The van der Waals surface area contributed by atoms with Crippen LogP contribution < -0.4 is 0 Å². The van der Waals surface area contributed by atoms with Gasteiger partial charge in [0.05, 0.1) is 30.4 Å². The number of furan rings is 1. The number of hydrogen-bond donors (Lipinski definition) is 0. The first kappa shape index (κ1) is 17.0. The number of esters is 1. The highest BCUT2D eigenvalue weighted by molar-refractivity contribution is 6.21. The molecule has 1 aromatic heterocycles. The molecule has 0 spiro atoms. The van der Waals surface area contributed by atoms with Gasteiger partial charge in [-0.3, -0.25) is 19.3 Å². The maximum atomic E-state index is 12.3. The Kier molecular flexibility index (Phi) is 4.24. The van der Waals surface area contributed by atoms with E-state index >= 15 is 0 Å². The summed E-state index contributed by atoms with van der Waals surface area (Å²) in [5, 5.41) is 0.873. The van der Waals surface area contributed by atoms with Crippen molar-refractivity contribution in [3.63, 3.8) is 0 Å². The number of amides is 2. The molecule has 0 unspecified atom stereocenters. The molecule has 0 fully saturated rings. The molecule has 136 valence electrons. The SMILES string of the molecule is Cc1ccc2c(CC(=O)OCCN3C(=O)c4ccccc4C3=O)coc2c1. The van der Waals surface area contributed by atoms with E-state index in [4.69, 9.17) is 9.15 Å². The van der Waals surface area contributed by atoms with E-state index in [9.17, 15) is 14.4 Å². The molecule has 0 bridgehead atoms. The van der Waals surface area contributed by atoms with E-state index in [0.29, 0.717) is 11.1 Å². The number of fused-ring (bicyclic) bond motifs is 2. The van der Waals surface area contributed by atoms with Crippen molar-refractivity contribution < 1.29 is 23.5 Å². The summed E-state index contributed by atoms with van der Waals surface area (Å²) in [5.74, 6) is -1.15.